The van der Waals surface area contributed by atoms with Crippen molar-refractivity contribution in [3.63, 3.8) is 0 Å². The summed E-state index contributed by atoms with van der Waals surface area (Å²) in [6.45, 7) is 0. The summed E-state index contributed by atoms with van der Waals surface area (Å²) in [5.41, 5.74) is 10.1. The van der Waals surface area contributed by atoms with Crippen LogP contribution in [0.5, 0.6) is 0 Å². The molecule has 0 aliphatic rings. The average Bonchev–Trinajstić information content (AvgIpc) is 2.93. The van der Waals surface area contributed by atoms with Gasteiger partial charge in [-0.15, -0.1) is 11.3 Å². The highest BCUT2D eigenvalue weighted by Gasteiger charge is 2.06. The normalized spacial score (nSPS) is 11.9. The molecule has 0 aliphatic heterocycles. The van der Waals surface area contributed by atoms with Gasteiger partial charge in [0.2, 0.25) is 5.13 Å². The molecule has 0 atom stereocenters. The number of thiazole rings is 1. The Hall–Kier alpha value is -2.45. The van der Waals surface area contributed by atoms with Gasteiger partial charge in [-0.2, -0.15) is 0 Å². The zero-order valence-electron chi connectivity index (χ0n) is 9.82. The van der Waals surface area contributed by atoms with E-state index < -0.39 is 0 Å². The van der Waals surface area contributed by atoms with Crippen molar-refractivity contribution >= 4 is 28.6 Å². The standard InChI is InChI=1S/C11H12N6OS/c12-10(17-18)8-3-1-2-7(4-8)9-5-19-11(16-9)14-6-15-13/h1-6,18H,13H2,(H2,12,17)(H,14,15,16). The highest BCUT2D eigenvalue weighted by Crippen LogP contribution is 2.26. The Morgan fingerprint density at radius 3 is 3.05 bits per heavy atom. The van der Waals surface area contributed by atoms with Gasteiger partial charge in [0.1, 0.15) is 6.34 Å². The second-order valence-corrected chi connectivity index (χ2v) is 4.34. The maximum absolute atomic E-state index is 8.66. The van der Waals surface area contributed by atoms with Crippen LogP contribution in [0, 0.1) is 0 Å². The Morgan fingerprint density at radius 1 is 1.47 bits per heavy atom. The fourth-order valence-corrected chi connectivity index (χ4v) is 2.11. The third-order valence-corrected chi connectivity index (χ3v) is 3.05. The fourth-order valence-electron chi connectivity index (χ4n) is 1.44. The van der Waals surface area contributed by atoms with Gasteiger partial charge in [0.15, 0.2) is 5.84 Å². The van der Waals surface area contributed by atoms with Gasteiger partial charge in [0, 0.05) is 16.5 Å². The van der Waals surface area contributed by atoms with E-state index in [1.165, 1.54) is 17.7 Å². The van der Waals surface area contributed by atoms with Gasteiger partial charge in [-0.05, 0) is 6.07 Å². The number of aliphatic imine (C=N–C) groups is 1. The molecule has 0 saturated heterocycles. The molecule has 0 unspecified atom stereocenters. The fraction of sp³-hybridized carbons (Fsp3) is 0. The monoisotopic (exact) mass is 276 g/mol. The topological polar surface area (TPSA) is 122 Å². The molecule has 7 nitrogen and oxygen atoms in total. The molecule has 19 heavy (non-hydrogen) atoms. The smallest absolute Gasteiger partial charge is 0.211 e. The number of rotatable bonds is 4. The Labute approximate surface area is 113 Å². The number of nitrogens with two attached hydrogens (primary N) is 2. The first-order valence-electron chi connectivity index (χ1n) is 5.27. The predicted octanol–water partition coefficient (Wildman–Crippen LogP) is 1.03. The van der Waals surface area contributed by atoms with Crippen molar-refractivity contribution in [1.29, 1.82) is 0 Å². The van der Waals surface area contributed by atoms with Crippen LogP contribution in [0.2, 0.25) is 0 Å². The minimum absolute atomic E-state index is 0.0580. The van der Waals surface area contributed by atoms with E-state index in [1.54, 1.807) is 12.1 Å². The van der Waals surface area contributed by atoms with E-state index in [0.717, 1.165) is 11.3 Å². The number of aromatic nitrogens is 1. The summed E-state index contributed by atoms with van der Waals surface area (Å²) in [5.74, 6) is 5.15. The molecule has 0 saturated carbocycles. The molecule has 6 N–H and O–H groups in total. The number of amidine groups is 1. The molecule has 0 spiro atoms. The van der Waals surface area contributed by atoms with E-state index in [0.29, 0.717) is 10.7 Å². The lowest BCUT2D eigenvalue weighted by atomic mass is 10.1. The predicted molar refractivity (Wildman–Crippen MR) is 75.5 cm³/mol. The van der Waals surface area contributed by atoms with Crippen LogP contribution < -0.4 is 17.0 Å². The largest absolute Gasteiger partial charge is 0.409 e. The number of hydrogen-bond donors (Lipinski definition) is 4. The molecule has 98 valence electrons. The van der Waals surface area contributed by atoms with Gasteiger partial charge in [-0.1, -0.05) is 23.4 Å². The van der Waals surface area contributed by atoms with Crippen LogP contribution in [0.15, 0.2) is 39.8 Å². The van der Waals surface area contributed by atoms with Crippen LogP contribution in [-0.4, -0.2) is 22.4 Å². The molecule has 1 aromatic carbocycles. The second-order valence-electron chi connectivity index (χ2n) is 3.51. The summed E-state index contributed by atoms with van der Waals surface area (Å²) in [4.78, 5) is 8.33. The van der Waals surface area contributed by atoms with Crippen molar-refractivity contribution in [1.82, 2.24) is 10.4 Å². The molecule has 2 rings (SSSR count). The molecular weight excluding hydrogens is 264 g/mol. The molecule has 1 heterocycles. The zero-order valence-corrected chi connectivity index (χ0v) is 10.6. The number of benzene rings is 1. The van der Waals surface area contributed by atoms with Crippen LogP contribution in [0.1, 0.15) is 5.56 Å². The van der Waals surface area contributed by atoms with Crippen molar-refractivity contribution < 1.29 is 5.21 Å². The first-order chi connectivity index (χ1) is 9.24. The lowest BCUT2D eigenvalue weighted by Crippen LogP contribution is -2.18. The van der Waals surface area contributed by atoms with Crippen LogP contribution in [0.25, 0.3) is 11.3 Å². The van der Waals surface area contributed by atoms with Crippen molar-refractivity contribution in [2.24, 2.45) is 21.7 Å². The van der Waals surface area contributed by atoms with Crippen molar-refractivity contribution in [2.45, 2.75) is 0 Å². The maximum atomic E-state index is 8.66. The number of hydrogen-bond acceptors (Lipinski definition) is 6. The number of nitrogens with one attached hydrogen (secondary N) is 1. The molecule has 8 heteroatoms. The van der Waals surface area contributed by atoms with Gasteiger partial charge in [-0.25, -0.2) is 15.8 Å². The SMILES string of the molecule is NN/C=N/c1nc(-c2cccc(/C(N)=N/O)c2)cs1. The van der Waals surface area contributed by atoms with Crippen LogP contribution >= 0.6 is 11.3 Å². The number of hydrazine groups is 1. The van der Waals surface area contributed by atoms with E-state index in [-0.39, 0.29) is 5.84 Å². The lowest BCUT2D eigenvalue weighted by Gasteiger charge is -2.01. The molecule has 0 bridgehead atoms. The zero-order chi connectivity index (χ0) is 13.7. The summed E-state index contributed by atoms with van der Waals surface area (Å²) in [7, 11) is 0. The molecule has 0 fully saturated rings. The van der Waals surface area contributed by atoms with E-state index in [9.17, 15) is 0 Å². The van der Waals surface area contributed by atoms with Crippen LogP contribution in [0.4, 0.5) is 5.13 Å². The summed E-state index contributed by atoms with van der Waals surface area (Å²) < 4.78 is 0. The van der Waals surface area contributed by atoms with Crippen molar-refractivity contribution in [3.8, 4) is 11.3 Å². The van der Waals surface area contributed by atoms with E-state index in [1.807, 2.05) is 17.5 Å². The second kappa shape index (κ2) is 5.94. The molecule has 2 aromatic rings. The summed E-state index contributed by atoms with van der Waals surface area (Å²) >= 11 is 1.39. The third-order valence-electron chi connectivity index (χ3n) is 2.30. The van der Waals surface area contributed by atoms with Gasteiger partial charge in [0.25, 0.3) is 0 Å². The highest BCUT2D eigenvalue weighted by molar-refractivity contribution is 7.13. The summed E-state index contributed by atoms with van der Waals surface area (Å²) in [6, 6.07) is 7.24. The first kappa shape index (κ1) is 13.0. The van der Waals surface area contributed by atoms with Crippen molar-refractivity contribution in [2.75, 3.05) is 0 Å². The summed E-state index contributed by atoms with van der Waals surface area (Å²) in [5, 5.41) is 14.1. The quantitative estimate of drug-likeness (QED) is 0.218. The maximum Gasteiger partial charge on any atom is 0.211 e. The average molecular weight is 276 g/mol. The van der Waals surface area contributed by atoms with Gasteiger partial charge >= 0.3 is 0 Å². The van der Waals surface area contributed by atoms with E-state index in [4.69, 9.17) is 16.8 Å². The number of oxime groups is 1. The van der Waals surface area contributed by atoms with E-state index >= 15 is 0 Å². The molecule has 0 amide bonds. The third kappa shape index (κ3) is 3.06. The minimum atomic E-state index is 0.0580. The van der Waals surface area contributed by atoms with Crippen LogP contribution in [-0.2, 0) is 0 Å². The Kier molecular flexibility index (Phi) is 4.06. The Bertz CT molecular complexity index is 621. The molecule has 0 radical (unpaired) electrons. The number of nitrogens with zero attached hydrogens (tertiary/aromatic N) is 3. The van der Waals surface area contributed by atoms with Crippen molar-refractivity contribution in [3.05, 3.63) is 35.2 Å². The van der Waals surface area contributed by atoms with Crippen LogP contribution in [0.3, 0.4) is 0 Å². The Balaban J connectivity index is 2.31. The van der Waals surface area contributed by atoms with E-state index in [2.05, 4.69) is 20.6 Å². The minimum Gasteiger partial charge on any atom is -0.409 e. The van der Waals surface area contributed by atoms with Gasteiger partial charge in [0.05, 0.1) is 5.69 Å². The molecular formula is C11H12N6OS. The first-order valence-corrected chi connectivity index (χ1v) is 6.15. The van der Waals surface area contributed by atoms with Gasteiger partial charge in [-0.3, -0.25) is 0 Å². The lowest BCUT2D eigenvalue weighted by molar-refractivity contribution is 0.318. The Morgan fingerprint density at radius 2 is 2.32 bits per heavy atom. The molecule has 0 aliphatic carbocycles. The van der Waals surface area contributed by atoms with Gasteiger partial charge < -0.3 is 16.4 Å². The highest BCUT2D eigenvalue weighted by atomic mass is 32.1. The molecule has 1 aromatic heterocycles. The summed E-state index contributed by atoms with van der Waals surface area (Å²) in [6.07, 6.45) is 1.36.